The molecule has 6 rings (SSSR count). The van der Waals surface area contributed by atoms with Crippen LogP contribution < -0.4 is 21.1 Å². The Balaban J connectivity index is 0.00000152. The van der Waals surface area contributed by atoms with Gasteiger partial charge >= 0.3 is 0 Å². The highest BCUT2D eigenvalue weighted by molar-refractivity contribution is 5.92. The summed E-state index contributed by atoms with van der Waals surface area (Å²) in [4.78, 5) is 20.8. The van der Waals surface area contributed by atoms with Gasteiger partial charge in [0, 0.05) is 52.6 Å². The second-order valence-corrected chi connectivity index (χ2v) is 10.5. The number of rotatable bonds is 5. The molecule has 2 aliphatic rings. The van der Waals surface area contributed by atoms with Gasteiger partial charge in [0.25, 0.3) is 0 Å². The number of hydrogen-bond acceptors (Lipinski definition) is 6. The number of aryl methyl sites for hydroxylation is 4. The van der Waals surface area contributed by atoms with Gasteiger partial charge in [-0.05, 0) is 100 Å². The zero-order chi connectivity index (χ0) is 36.9. The monoisotopic (exact) mass is 685 g/mol. The van der Waals surface area contributed by atoms with Crippen molar-refractivity contribution in [3.8, 4) is 29.0 Å². The molecule has 2 aliphatic heterocycles. The number of benzene rings is 2. The third kappa shape index (κ3) is 12.2. The lowest BCUT2D eigenvalue weighted by Crippen LogP contribution is -2.16. The summed E-state index contributed by atoms with van der Waals surface area (Å²) in [5, 5.41) is 1.16. The van der Waals surface area contributed by atoms with Crippen LogP contribution in [-0.2, 0) is 24.1 Å². The molecule has 50 heavy (non-hydrogen) atoms. The number of carbonyl (C=O) groups excluding carboxylic acids is 1. The number of anilines is 1. The van der Waals surface area contributed by atoms with E-state index < -0.39 is 0 Å². The molecule has 8 heteroatoms. The van der Waals surface area contributed by atoms with Crippen LogP contribution in [0.15, 0.2) is 60.8 Å². The number of hydrogen-bond donors (Lipinski definition) is 2. The molecule has 2 aromatic carbocycles. The maximum absolute atomic E-state index is 13.9. The quantitative estimate of drug-likeness (QED) is 0.123. The number of allylic oxidation sites excluding steroid dienone is 1. The zero-order valence-electron chi connectivity index (χ0n) is 31.0. The summed E-state index contributed by atoms with van der Waals surface area (Å²) >= 11 is 0. The minimum absolute atomic E-state index is 0. The first-order valence-corrected chi connectivity index (χ1v) is 17.3. The van der Waals surface area contributed by atoms with Crippen molar-refractivity contribution in [3.63, 3.8) is 0 Å². The topological polar surface area (TPSA) is 107 Å². The molecule has 1 saturated heterocycles. The Bertz CT molecular complexity index is 1700. The van der Waals surface area contributed by atoms with Gasteiger partial charge in [0.2, 0.25) is 6.41 Å². The summed E-state index contributed by atoms with van der Waals surface area (Å²) in [7, 11) is 0. The minimum Gasteiger partial charge on any atom is -0.491 e. The second-order valence-electron chi connectivity index (χ2n) is 10.5. The lowest BCUT2D eigenvalue weighted by atomic mass is 10.00. The average Bonchev–Trinajstić information content (AvgIpc) is 3.80. The van der Waals surface area contributed by atoms with Gasteiger partial charge in [-0.2, -0.15) is 0 Å². The normalized spacial score (nSPS) is 11.6. The highest BCUT2D eigenvalue weighted by Gasteiger charge is 2.22. The number of nitrogens with two attached hydrogens (primary N) is 2. The lowest BCUT2D eigenvalue weighted by Gasteiger charge is -2.22. The number of carbonyl (C=O) groups is 1. The first kappa shape index (κ1) is 45.1. The summed E-state index contributed by atoms with van der Waals surface area (Å²) < 4.78 is 19.8. The van der Waals surface area contributed by atoms with Crippen molar-refractivity contribution in [2.24, 2.45) is 11.5 Å². The molecular weight excluding hydrogens is 625 g/mol. The molecule has 7 nitrogen and oxygen atoms in total. The molecule has 1 amide bonds. The van der Waals surface area contributed by atoms with Gasteiger partial charge in [-0.3, -0.25) is 9.78 Å². The number of amides is 1. The van der Waals surface area contributed by atoms with Crippen LogP contribution in [0.3, 0.4) is 0 Å². The Morgan fingerprint density at radius 3 is 2.22 bits per heavy atom. The molecule has 272 valence electrons. The molecule has 0 radical (unpaired) electrons. The van der Waals surface area contributed by atoms with E-state index in [4.69, 9.17) is 19.5 Å². The van der Waals surface area contributed by atoms with Crippen molar-refractivity contribution in [3.05, 3.63) is 94.7 Å². The predicted molar refractivity (Wildman–Crippen MR) is 212 cm³/mol. The first-order valence-electron chi connectivity index (χ1n) is 17.3. The molecule has 0 saturated carbocycles. The molecule has 4 aromatic rings. The Morgan fingerprint density at radius 1 is 0.980 bits per heavy atom. The van der Waals surface area contributed by atoms with Gasteiger partial charge in [-0.1, -0.05) is 67.5 Å². The highest BCUT2D eigenvalue weighted by atomic mass is 19.1. The van der Waals surface area contributed by atoms with Crippen molar-refractivity contribution >= 4 is 23.0 Å². The number of halogens is 1. The molecule has 0 spiro atoms. The van der Waals surface area contributed by atoms with Crippen molar-refractivity contribution in [2.75, 3.05) is 18.1 Å². The van der Waals surface area contributed by atoms with Crippen LogP contribution in [0.5, 0.6) is 5.75 Å². The van der Waals surface area contributed by atoms with Gasteiger partial charge in [-0.15, -0.1) is 0 Å². The second kappa shape index (κ2) is 24.3. The maximum Gasteiger partial charge on any atom is 0.204 e. The van der Waals surface area contributed by atoms with E-state index in [9.17, 15) is 4.39 Å². The number of primary amides is 1. The summed E-state index contributed by atoms with van der Waals surface area (Å²) in [6.45, 7) is 23.5. The molecule has 0 atom stereocenters. The van der Waals surface area contributed by atoms with Crippen LogP contribution in [0, 0.1) is 31.6 Å². The number of nitrogens with zero attached hydrogens (tertiary/aromatic N) is 3. The van der Waals surface area contributed by atoms with Crippen molar-refractivity contribution in [2.45, 2.75) is 102 Å². The molecule has 2 aromatic heterocycles. The van der Waals surface area contributed by atoms with Gasteiger partial charge in [-0.25, -0.2) is 9.37 Å². The molecule has 4 heterocycles. The van der Waals surface area contributed by atoms with E-state index in [1.807, 2.05) is 54.5 Å². The van der Waals surface area contributed by atoms with Crippen LogP contribution in [0.4, 0.5) is 10.1 Å². The van der Waals surface area contributed by atoms with Crippen LogP contribution in [0.25, 0.3) is 22.2 Å². The van der Waals surface area contributed by atoms with E-state index in [-0.39, 0.29) is 19.7 Å². The predicted octanol–water partition coefficient (Wildman–Crippen LogP) is 9.63. The molecule has 0 unspecified atom stereocenters. The van der Waals surface area contributed by atoms with Crippen molar-refractivity contribution < 1.29 is 13.9 Å². The summed E-state index contributed by atoms with van der Waals surface area (Å²) in [6, 6.07) is 18.3. The van der Waals surface area contributed by atoms with Crippen molar-refractivity contribution in [1.82, 2.24) is 9.97 Å². The Labute approximate surface area is 301 Å². The lowest BCUT2D eigenvalue weighted by molar-refractivity contribution is -0.106. The van der Waals surface area contributed by atoms with E-state index in [1.54, 1.807) is 19.9 Å². The molecule has 0 aliphatic carbocycles. The van der Waals surface area contributed by atoms with E-state index in [0.717, 1.165) is 89.3 Å². The largest absolute Gasteiger partial charge is 0.491 e. The molecule has 4 N–H and O–H groups in total. The van der Waals surface area contributed by atoms with Crippen LogP contribution in [-0.4, -0.2) is 29.5 Å². The summed E-state index contributed by atoms with van der Waals surface area (Å²) in [6.07, 6.45) is 4.96. The number of ether oxygens (including phenoxy) is 1. The number of pyridine rings is 2. The first-order chi connectivity index (χ1) is 23.8. The fraction of sp³-hybridized carbons (Fsp3) is 0.405. The third-order valence-electron chi connectivity index (χ3n) is 7.46. The fourth-order valence-corrected chi connectivity index (χ4v) is 5.39. The van der Waals surface area contributed by atoms with Crippen LogP contribution in [0.1, 0.15) is 96.8 Å². The highest BCUT2D eigenvalue weighted by Crippen LogP contribution is 2.37. The zero-order valence-corrected chi connectivity index (χ0v) is 31.0. The maximum atomic E-state index is 13.9. The van der Waals surface area contributed by atoms with Crippen molar-refractivity contribution in [1.29, 1.82) is 0 Å². The van der Waals surface area contributed by atoms with E-state index in [2.05, 4.69) is 65.2 Å². The fourth-order valence-electron chi connectivity index (χ4n) is 5.39. The third-order valence-corrected chi connectivity index (χ3v) is 7.46. The average molecular weight is 686 g/mol. The van der Waals surface area contributed by atoms with Gasteiger partial charge in [0.1, 0.15) is 17.3 Å². The van der Waals surface area contributed by atoms with E-state index in [1.165, 1.54) is 17.2 Å². The minimum atomic E-state index is -0.204. The van der Waals surface area contributed by atoms with Crippen LogP contribution >= 0.6 is 0 Å². The van der Waals surface area contributed by atoms with Gasteiger partial charge in [0.05, 0.1) is 17.8 Å². The standard InChI is InChI=1S/C31H30FN3O.C3H5N.3C2H6.CH3NO.CH4/c1-19-15-23(9-11-27(19)32)30-31-25(12-14-36-31)18-26(34-30)10-7-22-16-24-8-6-20(2)33-29(24)28(17-22)35-13-4-5-21(35)3;1-2-3-4;3*1-2;2-1-3;/h6,8-9,11,15-18H,3-5,7,10,12-14H2,1-2H3;4H2,1H3;3*1-2H3;1H,(H2,2,3);1H4. The van der Waals surface area contributed by atoms with Gasteiger partial charge < -0.3 is 21.1 Å². The van der Waals surface area contributed by atoms with E-state index >= 15 is 0 Å². The summed E-state index contributed by atoms with van der Waals surface area (Å²) in [5.41, 5.74) is 19.0. The smallest absolute Gasteiger partial charge is 0.204 e. The molecular formula is C42H60FN5O2. The Kier molecular flexibility index (Phi) is 21.9. The SMILES string of the molecule is C.C=C1CCCN1c1cc(CCc2cc3c(c(-c4ccc(F)c(C)c4)n2)OCC3)cc2ccc(C)nc12.CC.CC.CC.CC#CN.NC=O. The van der Waals surface area contributed by atoms with Crippen LogP contribution in [0.2, 0.25) is 0 Å². The summed E-state index contributed by atoms with van der Waals surface area (Å²) in [5.74, 6) is 3.09. The number of fused-ring (bicyclic) bond motifs is 2. The molecule has 1 fully saturated rings. The molecule has 0 bridgehead atoms. The Hall–Kier alpha value is -4.90. The number of aromatic nitrogens is 2. The Morgan fingerprint density at radius 2 is 1.64 bits per heavy atom. The van der Waals surface area contributed by atoms with Gasteiger partial charge in [0.15, 0.2) is 0 Å². The van der Waals surface area contributed by atoms with E-state index in [0.29, 0.717) is 12.2 Å².